The van der Waals surface area contributed by atoms with Gasteiger partial charge in [-0.2, -0.15) is 0 Å². The van der Waals surface area contributed by atoms with Gasteiger partial charge in [0.2, 0.25) is 5.76 Å². The summed E-state index contributed by atoms with van der Waals surface area (Å²) in [5, 5.41) is 0.475. The lowest BCUT2D eigenvalue weighted by Crippen LogP contribution is -2.31. The minimum Gasteiger partial charge on any atom is -0.497 e. The minimum absolute atomic E-state index is 0.123. The van der Waals surface area contributed by atoms with Crippen LogP contribution in [0.3, 0.4) is 0 Å². The van der Waals surface area contributed by atoms with E-state index < -0.39 is 6.04 Å². The van der Waals surface area contributed by atoms with Gasteiger partial charge in [-0.05, 0) is 43.2 Å². The van der Waals surface area contributed by atoms with Crippen LogP contribution in [-0.2, 0) is 4.74 Å². The van der Waals surface area contributed by atoms with Crippen molar-refractivity contribution in [3.05, 3.63) is 75.6 Å². The summed E-state index contributed by atoms with van der Waals surface area (Å²) < 4.78 is 16.7. The van der Waals surface area contributed by atoms with E-state index >= 15 is 0 Å². The van der Waals surface area contributed by atoms with Crippen LogP contribution in [0, 0.1) is 0 Å². The molecular weight excluding hydrogens is 370 g/mol. The first-order chi connectivity index (χ1) is 14.2. The average Bonchev–Trinajstić information content (AvgIpc) is 3.03. The fourth-order valence-corrected chi connectivity index (χ4v) is 3.84. The van der Waals surface area contributed by atoms with Gasteiger partial charge in [-0.1, -0.05) is 24.3 Å². The number of fused-ring (bicyclic) bond motifs is 2. The number of para-hydroxylation sites is 1. The molecule has 29 heavy (non-hydrogen) atoms. The average molecular weight is 393 g/mol. The molecule has 3 aromatic rings. The summed E-state index contributed by atoms with van der Waals surface area (Å²) in [6.45, 7) is 3.56. The van der Waals surface area contributed by atoms with Gasteiger partial charge in [0.15, 0.2) is 5.43 Å². The summed E-state index contributed by atoms with van der Waals surface area (Å²) in [6.07, 6.45) is 0.668. The van der Waals surface area contributed by atoms with Gasteiger partial charge in [0.05, 0.1) is 24.1 Å². The van der Waals surface area contributed by atoms with E-state index in [1.165, 1.54) is 0 Å². The summed E-state index contributed by atoms with van der Waals surface area (Å²) in [4.78, 5) is 28.2. The van der Waals surface area contributed by atoms with Crippen molar-refractivity contribution in [2.45, 2.75) is 19.4 Å². The molecule has 0 saturated heterocycles. The number of nitrogens with zero attached hydrogens (tertiary/aromatic N) is 1. The number of amides is 1. The summed E-state index contributed by atoms with van der Waals surface area (Å²) in [5.41, 5.74) is 1.45. The number of rotatable bonds is 7. The molecule has 1 amide bonds. The Bertz CT molecular complexity index is 1100. The van der Waals surface area contributed by atoms with Gasteiger partial charge in [-0.15, -0.1) is 0 Å². The van der Waals surface area contributed by atoms with Gasteiger partial charge in [0.1, 0.15) is 11.3 Å². The van der Waals surface area contributed by atoms with Gasteiger partial charge in [-0.3, -0.25) is 9.59 Å². The first kappa shape index (κ1) is 19.2. The number of methoxy groups -OCH3 is 1. The van der Waals surface area contributed by atoms with E-state index in [0.29, 0.717) is 48.5 Å². The summed E-state index contributed by atoms with van der Waals surface area (Å²) >= 11 is 0. The van der Waals surface area contributed by atoms with Crippen LogP contribution >= 0.6 is 0 Å². The van der Waals surface area contributed by atoms with Crippen LogP contribution in [0.25, 0.3) is 11.0 Å². The largest absolute Gasteiger partial charge is 0.497 e. The van der Waals surface area contributed by atoms with Crippen molar-refractivity contribution in [3.63, 3.8) is 0 Å². The number of carbonyl (C=O) groups excluding carboxylic acids is 1. The molecule has 1 atom stereocenters. The molecule has 6 heteroatoms. The Hall–Kier alpha value is -3.12. The first-order valence-corrected chi connectivity index (χ1v) is 9.74. The molecule has 1 aromatic heterocycles. The van der Waals surface area contributed by atoms with E-state index in [0.717, 1.165) is 5.56 Å². The molecule has 0 spiro atoms. The molecule has 0 bridgehead atoms. The summed E-state index contributed by atoms with van der Waals surface area (Å²) in [5.74, 6) is 0.521. The Balaban J connectivity index is 1.85. The second-order valence-electron chi connectivity index (χ2n) is 6.90. The Morgan fingerprint density at radius 2 is 1.93 bits per heavy atom. The van der Waals surface area contributed by atoms with Crippen molar-refractivity contribution >= 4 is 16.9 Å². The topological polar surface area (TPSA) is 69.0 Å². The molecule has 0 saturated carbocycles. The van der Waals surface area contributed by atoms with Gasteiger partial charge in [0, 0.05) is 19.8 Å². The molecule has 0 fully saturated rings. The van der Waals surface area contributed by atoms with E-state index in [1.807, 2.05) is 31.2 Å². The Morgan fingerprint density at radius 3 is 2.72 bits per heavy atom. The molecule has 150 valence electrons. The highest BCUT2D eigenvalue weighted by atomic mass is 16.5. The third-order valence-corrected chi connectivity index (χ3v) is 5.17. The quantitative estimate of drug-likeness (QED) is 0.572. The Morgan fingerprint density at radius 1 is 1.10 bits per heavy atom. The number of ether oxygens (including phenoxy) is 2. The van der Waals surface area contributed by atoms with Crippen LogP contribution in [-0.4, -0.2) is 37.7 Å². The fraction of sp³-hybridized carbons (Fsp3) is 0.304. The van der Waals surface area contributed by atoms with Crippen LogP contribution in [0.5, 0.6) is 5.75 Å². The second kappa shape index (κ2) is 8.09. The first-order valence-electron chi connectivity index (χ1n) is 9.74. The van der Waals surface area contributed by atoms with Gasteiger partial charge in [0.25, 0.3) is 5.91 Å². The zero-order valence-electron chi connectivity index (χ0n) is 16.5. The summed E-state index contributed by atoms with van der Waals surface area (Å²) in [7, 11) is 1.59. The minimum atomic E-state index is -0.518. The van der Waals surface area contributed by atoms with E-state index in [4.69, 9.17) is 13.9 Å². The number of carbonyl (C=O) groups is 1. The molecule has 4 rings (SSSR count). The normalized spacial score (nSPS) is 15.7. The lowest BCUT2D eigenvalue weighted by atomic mass is 9.98. The molecular formula is C23H23NO5. The number of hydrogen-bond acceptors (Lipinski definition) is 5. The van der Waals surface area contributed by atoms with Crippen LogP contribution < -0.4 is 10.2 Å². The van der Waals surface area contributed by atoms with E-state index in [2.05, 4.69) is 0 Å². The highest BCUT2D eigenvalue weighted by Crippen LogP contribution is 2.39. The zero-order valence-corrected chi connectivity index (χ0v) is 16.5. The molecule has 1 unspecified atom stereocenters. The summed E-state index contributed by atoms with van der Waals surface area (Å²) in [6, 6.07) is 14.0. The number of benzene rings is 2. The second-order valence-corrected chi connectivity index (χ2v) is 6.90. The molecule has 2 heterocycles. The maximum Gasteiger partial charge on any atom is 0.290 e. The van der Waals surface area contributed by atoms with E-state index in [-0.39, 0.29) is 17.1 Å². The maximum atomic E-state index is 13.3. The van der Waals surface area contributed by atoms with Crippen LogP contribution in [0.15, 0.2) is 57.7 Å². The van der Waals surface area contributed by atoms with Crippen molar-refractivity contribution in [1.29, 1.82) is 0 Å². The Kier molecular flexibility index (Phi) is 5.36. The third kappa shape index (κ3) is 3.40. The standard InChI is InChI=1S/C23H23NO5/c1-3-28-13-7-12-24-20(15-8-6-9-16(14-15)27-2)19-21(25)17-10-4-5-11-18(17)29-22(19)23(24)26/h4-6,8-11,14,20H,3,7,12-13H2,1-2H3. The lowest BCUT2D eigenvalue weighted by Gasteiger charge is -2.25. The van der Waals surface area contributed by atoms with E-state index in [1.54, 1.807) is 36.3 Å². The van der Waals surface area contributed by atoms with Crippen LogP contribution in [0.2, 0.25) is 0 Å². The number of hydrogen-bond donors (Lipinski definition) is 0. The van der Waals surface area contributed by atoms with Crippen molar-refractivity contribution in [2.24, 2.45) is 0 Å². The lowest BCUT2D eigenvalue weighted by molar-refractivity contribution is 0.0695. The highest BCUT2D eigenvalue weighted by molar-refractivity contribution is 5.99. The predicted molar refractivity (Wildman–Crippen MR) is 109 cm³/mol. The molecule has 0 radical (unpaired) electrons. The van der Waals surface area contributed by atoms with Crippen molar-refractivity contribution < 1.29 is 18.7 Å². The van der Waals surface area contributed by atoms with Crippen molar-refractivity contribution in [2.75, 3.05) is 26.9 Å². The monoisotopic (exact) mass is 393 g/mol. The molecule has 1 aliphatic rings. The molecule has 0 N–H and O–H groups in total. The van der Waals surface area contributed by atoms with Crippen LogP contribution in [0.1, 0.15) is 41.1 Å². The zero-order chi connectivity index (χ0) is 20.4. The maximum absolute atomic E-state index is 13.3. The molecule has 2 aromatic carbocycles. The van der Waals surface area contributed by atoms with Crippen molar-refractivity contribution in [3.8, 4) is 5.75 Å². The smallest absolute Gasteiger partial charge is 0.290 e. The molecule has 0 aliphatic carbocycles. The highest BCUT2D eigenvalue weighted by Gasteiger charge is 2.42. The van der Waals surface area contributed by atoms with E-state index in [9.17, 15) is 9.59 Å². The molecule has 1 aliphatic heterocycles. The van der Waals surface area contributed by atoms with Crippen LogP contribution in [0.4, 0.5) is 0 Å². The third-order valence-electron chi connectivity index (χ3n) is 5.17. The van der Waals surface area contributed by atoms with Gasteiger partial charge in [-0.25, -0.2) is 0 Å². The SMILES string of the molecule is CCOCCCN1C(=O)c2oc3ccccc3c(=O)c2C1c1cccc(OC)c1. The molecule has 6 nitrogen and oxygen atoms in total. The fourth-order valence-electron chi connectivity index (χ4n) is 3.84. The Labute approximate surface area is 168 Å². The predicted octanol–water partition coefficient (Wildman–Crippen LogP) is 3.77. The van der Waals surface area contributed by atoms with Gasteiger partial charge >= 0.3 is 0 Å². The van der Waals surface area contributed by atoms with Gasteiger partial charge < -0.3 is 18.8 Å². The van der Waals surface area contributed by atoms with Crippen molar-refractivity contribution in [1.82, 2.24) is 4.90 Å².